The van der Waals surface area contributed by atoms with Gasteiger partial charge in [0.15, 0.2) is 0 Å². The van der Waals surface area contributed by atoms with Crippen molar-refractivity contribution in [2.75, 3.05) is 0 Å². The highest BCUT2D eigenvalue weighted by Gasteiger charge is 2.07. The quantitative estimate of drug-likeness (QED) is 0.503. The fourth-order valence-electron chi connectivity index (χ4n) is 3.01. The monoisotopic (exact) mass is 296 g/mol. The van der Waals surface area contributed by atoms with Crippen LogP contribution in [-0.4, -0.2) is 9.97 Å². The van der Waals surface area contributed by atoms with Gasteiger partial charge in [-0.1, -0.05) is 48.5 Å². The number of hydrogen-bond acceptors (Lipinski definition) is 2. The Morgan fingerprint density at radius 3 is 2.48 bits per heavy atom. The summed E-state index contributed by atoms with van der Waals surface area (Å²) in [4.78, 5) is 8.61. The van der Waals surface area contributed by atoms with Crippen molar-refractivity contribution in [1.29, 1.82) is 0 Å². The summed E-state index contributed by atoms with van der Waals surface area (Å²) in [5, 5.41) is 2.53. The van der Waals surface area contributed by atoms with Gasteiger partial charge < -0.3 is 0 Å². The van der Waals surface area contributed by atoms with Crippen LogP contribution in [0, 0.1) is 6.92 Å². The first kappa shape index (κ1) is 13.6. The van der Waals surface area contributed by atoms with E-state index in [1.165, 1.54) is 27.5 Å². The molecule has 1 heterocycles. The van der Waals surface area contributed by atoms with Gasteiger partial charge >= 0.3 is 0 Å². The van der Waals surface area contributed by atoms with Gasteiger partial charge in [0.25, 0.3) is 0 Å². The highest BCUT2D eigenvalue weighted by molar-refractivity contribution is 5.97. The molecular weight excluding hydrogens is 280 g/mol. The summed E-state index contributed by atoms with van der Waals surface area (Å²) in [5.41, 5.74) is 5.68. The second kappa shape index (κ2) is 5.65. The smallest absolute Gasteiger partial charge is 0.0885 e. The van der Waals surface area contributed by atoms with Crippen LogP contribution in [0.5, 0.6) is 0 Å². The zero-order valence-electron chi connectivity index (χ0n) is 12.9. The first-order valence-corrected chi connectivity index (χ1v) is 7.67. The number of aryl methyl sites for hydroxylation is 1. The number of benzene rings is 3. The molecule has 0 saturated heterocycles. The summed E-state index contributed by atoms with van der Waals surface area (Å²) in [5.74, 6) is 0. The Kier molecular flexibility index (Phi) is 3.35. The molecule has 4 rings (SSSR count). The highest BCUT2D eigenvalue weighted by atomic mass is 14.8. The predicted octanol–water partition coefficient (Wildman–Crippen LogP) is 5.27. The lowest BCUT2D eigenvalue weighted by Gasteiger charge is -2.10. The minimum atomic E-state index is 0.901. The summed E-state index contributed by atoms with van der Waals surface area (Å²) in [6, 6.07) is 21.5. The van der Waals surface area contributed by atoms with Crippen LogP contribution in [0.15, 0.2) is 79.3 Å². The Labute approximate surface area is 135 Å². The molecule has 110 valence electrons. The first-order valence-electron chi connectivity index (χ1n) is 7.67. The first-order chi connectivity index (χ1) is 11.3. The maximum Gasteiger partial charge on any atom is 0.0885 e. The van der Waals surface area contributed by atoms with E-state index in [0.717, 1.165) is 11.3 Å². The van der Waals surface area contributed by atoms with Gasteiger partial charge in [0.05, 0.1) is 11.9 Å². The van der Waals surface area contributed by atoms with Crippen molar-refractivity contribution < 1.29 is 0 Å². The average molecular weight is 296 g/mol. The van der Waals surface area contributed by atoms with E-state index in [-0.39, 0.29) is 0 Å². The normalized spacial score (nSPS) is 10.8. The van der Waals surface area contributed by atoms with Crippen LogP contribution in [0.4, 0.5) is 0 Å². The molecule has 0 bridgehead atoms. The van der Waals surface area contributed by atoms with E-state index >= 15 is 0 Å². The Morgan fingerprint density at radius 2 is 1.61 bits per heavy atom. The molecule has 0 aliphatic heterocycles. The molecule has 0 amide bonds. The van der Waals surface area contributed by atoms with Crippen LogP contribution >= 0.6 is 0 Å². The fraction of sp³-hybridized carbons (Fsp3) is 0.0476. The van der Waals surface area contributed by atoms with Crippen molar-refractivity contribution in [3.8, 4) is 22.4 Å². The van der Waals surface area contributed by atoms with E-state index in [0.29, 0.717) is 0 Å². The Bertz CT molecular complexity index is 970. The van der Waals surface area contributed by atoms with Crippen molar-refractivity contribution in [3.05, 3.63) is 84.8 Å². The van der Waals surface area contributed by atoms with Crippen molar-refractivity contribution in [2.45, 2.75) is 6.92 Å². The number of rotatable bonds is 2. The molecular formula is C21H16N2. The van der Waals surface area contributed by atoms with Gasteiger partial charge in [0.1, 0.15) is 0 Å². The fourth-order valence-corrected chi connectivity index (χ4v) is 3.01. The second-order valence-corrected chi connectivity index (χ2v) is 5.71. The van der Waals surface area contributed by atoms with E-state index in [9.17, 15) is 0 Å². The van der Waals surface area contributed by atoms with E-state index in [1.54, 1.807) is 12.4 Å². The van der Waals surface area contributed by atoms with Gasteiger partial charge in [-0.05, 0) is 46.5 Å². The molecule has 2 heteroatoms. The topological polar surface area (TPSA) is 25.8 Å². The number of aromatic nitrogens is 2. The van der Waals surface area contributed by atoms with Gasteiger partial charge in [0, 0.05) is 18.0 Å². The molecule has 2 nitrogen and oxygen atoms in total. The van der Waals surface area contributed by atoms with Crippen LogP contribution in [0.25, 0.3) is 33.2 Å². The SMILES string of the molecule is Cc1cc(-c2cnccn2)cc(-c2cccc3ccccc23)c1. The summed E-state index contributed by atoms with van der Waals surface area (Å²) in [6.07, 6.45) is 5.24. The molecule has 0 N–H and O–H groups in total. The van der Waals surface area contributed by atoms with Gasteiger partial charge in [-0.25, -0.2) is 0 Å². The molecule has 4 aromatic rings. The molecule has 0 atom stereocenters. The lowest BCUT2D eigenvalue weighted by atomic mass is 9.95. The third kappa shape index (κ3) is 2.59. The lowest BCUT2D eigenvalue weighted by molar-refractivity contribution is 1.20. The van der Waals surface area contributed by atoms with Gasteiger partial charge in [-0.2, -0.15) is 0 Å². The Hall–Kier alpha value is -3.00. The van der Waals surface area contributed by atoms with Gasteiger partial charge in [-0.15, -0.1) is 0 Å². The number of fused-ring (bicyclic) bond motifs is 1. The minimum Gasteiger partial charge on any atom is -0.261 e. The van der Waals surface area contributed by atoms with E-state index in [4.69, 9.17) is 0 Å². The van der Waals surface area contributed by atoms with Crippen LogP contribution in [-0.2, 0) is 0 Å². The molecule has 0 unspecified atom stereocenters. The maximum atomic E-state index is 4.42. The van der Waals surface area contributed by atoms with Crippen molar-refractivity contribution >= 4 is 10.8 Å². The Morgan fingerprint density at radius 1 is 0.783 bits per heavy atom. The number of hydrogen-bond donors (Lipinski definition) is 0. The molecule has 23 heavy (non-hydrogen) atoms. The molecule has 0 saturated carbocycles. The van der Waals surface area contributed by atoms with Gasteiger partial charge in [0.2, 0.25) is 0 Å². The third-order valence-corrected chi connectivity index (χ3v) is 4.04. The molecule has 0 radical (unpaired) electrons. The number of nitrogens with zero attached hydrogens (tertiary/aromatic N) is 2. The van der Waals surface area contributed by atoms with E-state index in [2.05, 4.69) is 77.6 Å². The second-order valence-electron chi connectivity index (χ2n) is 5.71. The highest BCUT2D eigenvalue weighted by Crippen LogP contribution is 2.32. The molecule has 0 spiro atoms. The van der Waals surface area contributed by atoms with Crippen molar-refractivity contribution in [2.24, 2.45) is 0 Å². The summed E-state index contributed by atoms with van der Waals surface area (Å²) in [7, 11) is 0. The molecule has 3 aromatic carbocycles. The van der Waals surface area contributed by atoms with Gasteiger partial charge in [-0.3, -0.25) is 9.97 Å². The largest absolute Gasteiger partial charge is 0.261 e. The van der Waals surface area contributed by atoms with Crippen LogP contribution in [0.3, 0.4) is 0 Å². The molecule has 0 aliphatic carbocycles. The third-order valence-electron chi connectivity index (χ3n) is 4.04. The molecule has 0 fully saturated rings. The van der Waals surface area contributed by atoms with Crippen molar-refractivity contribution in [1.82, 2.24) is 9.97 Å². The molecule has 0 aliphatic rings. The summed E-state index contributed by atoms with van der Waals surface area (Å²) in [6.45, 7) is 2.12. The predicted molar refractivity (Wildman–Crippen MR) is 95.1 cm³/mol. The summed E-state index contributed by atoms with van der Waals surface area (Å²) < 4.78 is 0. The zero-order chi connectivity index (χ0) is 15.6. The van der Waals surface area contributed by atoms with Crippen LogP contribution in [0.1, 0.15) is 5.56 Å². The van der Waals surface area contributed by atoms with Crippen molar-refractivity contribution in [3.63, 3.8) is 0 Å². The summed E-state index contributed by atoms with van der Waals surface area (Å²) >= 11 is 0. The Balaban J connectivity index is 1.94. The van der Waals surface area contributed by atoms with Crippen LogP contribution in [0.2, 0.25) is 0 Å². The average Bonchev–Trinajstić information content (AvgIpc) is 2.61. The van der Waals surface area contributed by atoms with E-state index in [1.807, 2.05) is 6.20 Å². The van der Waals surface area contributed by atoms with E-state index < -0.39 is 0 Å². The van der Waals surface area contributed by atoms with Crippen LogP contribution < -0.4 is 0 Å². The minimum absolute atomic E-state index is 0.901. The standard InChI is InChI=1S/C21H16N2/c1-15-11-17(13-18(12-15)21-14-22-9-10-23-21)20-8-4-6-16-5-2-3-7-19(16)20/h2-14H,1H3. The lowest BCUT2D eigenvalue weighted by Crippen LogP contribution is -1.88. The maximum absolute atomic E-state index is 4.42. The molecule has 1 aromatic heterocycles. The zero-order valence-corrected chi connectivity index (χ0v) is 12.9.